The molecule has 0 radical (unpaired) electrons. The van der Waals surface area contributed by atoms with Crippen molar-refractivity contribution in [3.8, 4) is 51.4 Å². The third kappa shape index (κ3) is 5.48. The molecular formula is C39H36N4. The number of rotatable bonds is 5. The van der Waals surface area contributed by atoms with Crippen LogP contribution in [0.3, 0.4) is 0 Å². The lowest BCUT2D eigenvalue weighted by Crippen LogP contribution is -2.42. The number of hydrogen-bond donors (Lipinski definition) is 0. The zero-order valence-electron chi connectivity index (χ0n) is 24.9. The van der Waals surface area contributed by atoms with Gasteiger partial charge in [-0.2, -0.15) is 5.26 Å². The second-order valence-corrected chi connectivity index (χ2v) is 13.0. The van der Waals surface area contributed by atoms with Crippen LogP contribution in [0.15, 0.2) is 103 Å². The molecule has 4 aromatic carbocycles. The fraction of sp³-hybridized carbons (Fsp3) is 0.282. The molecule has 1 heterocycles. The summed E-state index contributed by atoms with van der Waals surface area (Å²) < 4.78 is 0. The summed E-state index contributed by atoms with van der Waals surface area (Å²) in [7, 11) is 0. The maximum absolute atomic E-state index is 9.24. The Labute approximate surface area is 254 Å². The van der Waals surface area contributed by atoms with Gasteiger partial charge in [-0.05, 0) is 96.2 Å². The second kappa shape index (κ2) is 11.2. The molecule has 0 N–H and O–H groups in total. The van der Waals surface area contributed by atoms with E-state index in [-0.39, 0.29) is 0 Å². The smallest absolute Gasteiger partial charge is 0.164 e. The van der Waals surface area contributed by atoms with Crippen LogP contribution in [0.5, 0.6) is 0 Å². The highest BCUT2D eigenvalue weighted by Gasteiger charge is 2.45. The van der Waals surface area contributed by atoms with Gasteiger partial charge in [-0.15, -0.1) is 0 Å². The van der Waals surface area contributed by atoms with E-state index in [0.29, 0.717) is 28.5 Å². The van der Waals surface area contributed by atoms with Gasteiger partial charge in [0.25, 0.3) is 0 Å². The normalized spacial score (nSPS) is 23.0. The molecule has 1 aromatic heterocycles. The lowest BCUT2D eigenvalue weighted by atomic mass is 9.54. The molecule has 0 spiro atoms. The average Bonchev–Trinajstić information content (AvgIpc) is 3.04. The van der Waals surface area contributed by atoms with Crippen molar-refractivity contribution >= 4 is 0 Å². The van der Waals surface area contributed by atoms with Crippen molar-refractivity contribution in [2.45, 2.75) is 51.4 Å². The fourth-order valence-electron chi connectivity index (χ4n) is 7.94. The standard InChI is InChI=1S/C39H36N4/c1-26-19-29-20-27(2)23-39(22-26,24-29)35-10-6-9-34(21-35)30-15-17-33(18-16-30)38-42-36(31-7-4-3-5-8-31)41-37(43-38)32-13-11-28(25-40)12-14-32/h3-18,21,26-27,29H,19-20,22-24H2,1-2H3/t26-,27+,29?,39?. The van der Waals surface area contributed by atoms with Crippen LogP contribution in [-0.2, 0) is 5.41 Å². The number of fused-ring (bicyclic) bond motifs is 2. The van der Waals surface area contributed by atoms with E-state index >= 15 is 0 Å². The number of aromatic nitrogens is 3. The first-order valence-electron chi connectivity index (χ1n) is 15.5. The van der Waals surface area contributed by atoms with Crippen LogP contribution in [-0.4, -0.2) is 15.0 Å². The van der Waals surface area contributed by atoms with Gasteiger partial charge in [0.2, 0.25) is 0 Å². The van der Waals surface area contributed by atoms with Crippen molar-refractivity contribution in [2.24, 2.45) is 17.8 Å². The Balaban J connectivity index is 1.23. The molecule has 212 valence electrons. The van der Waals surface area contributed by atoms with E-state index in [1.807, 2.05) is 42.5 Å². The Hall–Kier alpha value is -4.62. The molecule has 4 atom stereocenters. The summed E-state index contributed by atoms with van der Waals surface area (Å²) >= 11 is 0. The summed E-state index contributed by atoms with van der Waals surface area (Å²) in [6.07, 6.45) is 6.74. The fourth-order valence-corrected chi connectivity index (χ4v) is 7.94. The van der Waals surface area contributed by atoms with Crippen LogP contribution >= 0.6 is 0 Å². The topological polar surface area (TPSA) is 62.5 Å². The Morgan fingerprint density at radius 1 is 0.581 bits per heavy atom. The number of benzene rings is 4. The van der Waals surface area contributed by atoms with Crippen LogP contribution in [0.4, 0.5) is 0 Å². The van der Waals surface area contributed by atoms with Crippen molar-refractivity contribution in [1.82, 2.24) is 15.0 Å². The Bertz CT molecular complexity index is 1770. The summed E-state index contributed by atoms with van der Waals surface area (Å²) in [6.45, 7) is 4.91. The molecule has 7 rings (SSSR count). The largest absolute Gasteiger partial charge is 0.208 e. The predicted molar refractivity (Wildman–Crippen MR) is 173 cm³/mol. The maximum atomic E-state index is 9.24. The molecule has 4 heteroatoms. The summed E-state index contributed by atoms with van der Waals surface area (Å²) in [5, 5.41) is 9.24. The summed E-state index contributed by atoms with van der Waals surface area (Å²) in [6, 6.07) is 37.5. The van der Waals surface area contributed by atoms with E-state index in [2.05, 4.69) is 68.4 Å². The molecule has 0 aliphatic heterocycles. The minimum Gasteiger partial charge on any atom is -0.208 e. The molecule has 2 unspecified atom stereocenters. The SMILES string of the molecule is C[C@@H]1CC2C[C@H](C)CC(c3cccc(-c4ccc(-c5nc(-c6ccccc6)nc(-c6ccc(C#N)cc6)n5)cc4)c3)(C2)C1. The molecule has 5 aromatic rings. The number of hydrogen-bond acceptors (Lipinski definition) is 4. The second-order valence-electron chi connectivity index (χ2n) is 13.0. The molecule has 2 aliphatic carbocycles. The van der Waals surface area contributed by atoms with Crippen molar-refractivity contribution in [3.05, 3.63) is 114 Å². The van der Waals surface area contributed by atoms with Crippen molar-refractivity contribution < 1.29 is 0 Å². The Morgan fingerprint density at radius 2 is 1.09 bits per heavy atom. The minimum absolute atomic E-state index is 0.316. The highest BCUT2D eigenvalue weighted by molar-refractivity contribution is 5.71. The quantitative estimate of drug-likeness (QED) is 0.215. The number of nitrogens with zero attached hydrogens (tertiary/aromatic N) is 4. The molecular weight excluding hydrogens is 524 g/mol. The molecule has 2 bridgehead atoms. The lowest BCUT2D eigenvalue weighted by molar-refractivity contribution is 0.0780. The van der Waals surface area contributed by atoms with E-state index in [0.717, 1.165) is 34.4 Å². The van der Waals surface area contributed by atoms with Crippen LogP contribution in [0.1, 0.15) is 57.1 Å². The first-order chi connectivity index (χ1) is 21.0. The summed E-state index contributed by atoms with van der Waals surface area (Å²) in [5.41, 5.74) is 7.65. The average molecular weight is 561 g/mol. The first kappa shape index (κ1) is 27.2. The van der Waals surface area contributed by atoms with Crippen LogP contribution in [0.25, 0.3) is 45.3 Å². The third-order valence-corrected chi connectivity index (χ3v) is 9.52. The van der Waals surface area contributed by atoms with Crippen LogP contribution < -0.4 is 0 Å². The third-order valence-electron chi connectivity index (χ3n) is 9.52. The van der Waals surface area contributed by atoms with Crippen LogP contribution in [0, 0.1) is 29.1 Å². The van der Waals surface area contributed by atoms with E-state index in [1.54, 1.807) is 12.1 Å². The summed E-state index contributed by atoms with van der Waals surface area (Å²) in [4.78, 5) is 14.6. The van der Waals surface area contributed by atoms with Gasteiger partial charge in [-0.1, -0.05) is 92.7 Å². The molecule has 4 nitrogen and oxygen atoms in total. The zero-order chi connectivity index (χ0) is 29.4. The highest BCUT2D eigenvalue weighted by atomic mass is 15.0. The number of nitriles is 1. The van der Waals surface area contributed by atoms with E-state index in [1.165, 1.54) is 48.8 Å². The van der Waals surface area contributed by atoms with Crippen molar-refractivity contribution in [1.29, 1.82) is 5.26 Å². The molecule has 43 heavy (non-hydrogen) atoms. The zero-order valence-corrected chi connectivity index (χ0v) is 24.9. The molecule has 0 amide bonds. The van der Waals surface area contributed by atoms with Gasteiger partial charge >= 0.3 is 0 Å². The van der Waals surface area contributed by atoms with Crippen molar-refractivity contribution in [3.63, 3.8) is 0 Å². The molecule has 0 saturated heterocycles. The van der Waals surface area contributed by atoms with Crippen molar-refractivity contribution in [2.75, 3.05) is 0 Å². The van der Waals surface area contributed by atoms with Gasteiger partial charge in [0.05, 0.1) is 11.6 Å². The van der Waals surface area contributed by atoms with Gasteiger partial charge in [0.15, 0.2) is 17.5 Å². The minimum atomic E-state index is 0.316. The lowest BCUT2D eigenvalue weighted by Gasteiger charge is -2.50. The summed E-state index contributed by atoms with van der Waals surface area (Å²) in [5.74, 6) is 4.31. The van der Waals surface area contributed by atoms with Crippen LogP contribution in [0.2, 0.25) is 0 Å². The molecule has 2 fully saturated rings. The highest BCUT2D eigenvalue weighted by Crippen LogP contribution is 2.54. The predicted octanol–water partition coefficient (Wildman–Crippen LogP) is 9.52. The monoisotopic (exact) mass is 560 g/mol. The van der Waals surface area contributed by atoms with E-state index in [9.17, 15) is 5.26 Å². The van der Waals surface area contributed by atoms with Gasteiger partial charge in [-0.25, -0.2) is 15.0 Å². The Morgan fingerprint density at radius 3 is 1.67 bits per heavy atom. The molecule has 2 saturated carbocycles. The Kier molecular flexibility index (Phi) is 7.11. The van der Waals surface area contributed by atoms with Gasteiger partial charge in [-0.3, -0.25) is 0 Å². The first-order valence-corrected chi connectivity index (χ1v) is 15.5. The van der Waals surface area contributed by atoms with Gasteiger partial charge in [0.1, 0.15) is 0 Å². The van der Waals surface area contributed by atoms with Gasteiger partial charge in [0, 0.05) is 16.7 Å². The maximum Gasteiger partial charge on any atom is 0.164 e. The molecule has 2 aliphatic rings. The van der Waals surface area contributed by atoms with Gasteiger partial charge < -0.3 is 0 Å². The van der Waals surface area contributed by atoms with E-state index in [4.69, 9.17) is 15.0 Å². The van der Waals surface area contributed by atoms with E-state index < -0.39 is 0 Å².